The van der Waals surface area contributed by atoms with Gasteiger partial charge in [0.2, 0.25) is 15.9 Å². The summed E-state index contributed by atoms with van der Waals surface area (Å²) in [6, 6.07) is 2.04. The zero-order valence-electron chi connectivity index (χ0n) is 16.7. The first-order valence-electron chi connectivity index (χ1n) is 9.05. The Bertz CT molecular complexity index is 911. The third kappa shape index (κ3) is 4.38. The lowest BCUT2D eigenvalue weighted by molar-refractivity contribution is 0.176. The molecule has 0 saturated carbocycles. The second kappa shape index (κ2) is 8.87. The molecule has 0 spiro atoms. The van der Waals surface area contributed by atoms with Gasteiger partial charge in [0.15, 0.2) is 5.82 Å². The van der Waals surface area contributed by atoms with Crippen LogP contribution in [0.25, 0.3) is 0 Å². The molecule has 0 aliphatic carbocycles. The fraction of sp³-hybridized carbons (Fsp3) is 0.556. The third-order valence-corrected chi connectivity index (χ3v) is 7.45. The zero-order valence-corrected chi connectivity index (χ0v) is 18.4. The van der Waals surface area contributed by atoms with E-state index in [0.717, 1.165) is 22.3 Å². The van der Waals surface area contributed by atoms with Crippen molar-refractivity contribution in [2.24, 2.45) is 5.73 Å². The Hall–Kier alpha value is -1.52. The summed E-state index contributed by atoms with van der Waals surface area (Å²) in [6.07, 6.45) is 0. The Morgan fingerprint density at radius 1 is 1.07 bits per heavy atom. The van der Waals surface area contributed by atoms with Crippen molar-refractivity contribution in [3.05, 3.63) is 40.0 Å². The fourth-order valence-corrected chi connectivity index (χ4v) is 5.46. The van der Waals surface area contributed by atoms with Gasteiger partial charge in [-0.2, -0.15) is 9.29 Å². The molecule has 2 aromatic rings. The molecule has 0 radical (unpaired) electrons. The van der Waals surface area contributed by atoms with Gasteiger partial charge in [-0.3, -0.25) is 4.90 Å². The van der Waals surface area contributed by atoms with Crippen LogP contribution in [0.4, 0.5) is 0 Å². The summed E-state index contributed by atoms with van der Waals surface area (Å²) < 4.78 is 33.2. The summed E-state index contributed by atoms with van der Waals surface area (Å²) in [6.45, 7) is 10.5. The molecular weight excluding hydrogens is 402 g/mol. The summed E-state index contributed by atoms with van der Waals surface area (Å²) in [4.78, 5) is 6.79. The molecule has 156 valence electrons. The first-order valence-corrected chi connectivity index (χ1v) is 10.5. The SMILES string of the molecule is Cc1cc(C)c(C)c(S(=O)(=O)N2CCN(Cc3noc(CN)n3)CC2)c1C.Cl. The van der Waals surface area contributed by atoms with E-state index in [1.807, 2.05) is 33.8 Å². The van der Waals surface area contributed by atoms with E-state index in [1.54, 1.807) is 4.31 Å². The number of aromatic nitrogens is 2. The zero-order chi connectivity index (χ0) is 19.8. The van der Waals surface area contributed by atoms with Gasteiger partial charge in [-0.1, -0.05) is 11.2 Å². The number of hydrogen-bond donors (Lipinski definition) is 1. The number of sulfonamides is 1. The van der Waals surface area contributed by atoms with Gasteiger partial charge in [0.1, 0.15) is 0 Å². The monoisotopic (exact) mass is 429 g/mol. The maximum Gasteiger partial charge on any atom is 0.243 e. The van der Waals surface area contributed by atoms with Crippen LogP contribution >= 0.6 is 12.4 Å². The molecule has 3 rings (SSSR count). The average molecular weight is 430 g/mol. The molecule has 1 aromatic carbocycles. The molecular formula is C18H28ClN5O3S. The molecule has 28 heavy (non-hydrogen) atoms. The summed E-state index contributed by atoms with van der Waals surface area (Å²) >= 11 is 0. The van der Waals surface area contributed by atoms with Gasteiger partial charge in [-0.15, -0.1) is 12.4 Å². The number of halogens is 1. The van der Waals surface area contributed by atoms with Gasteiger partial charge in [-0.05, 0) is 49.9 Å². The minimum atomic E-state index is -3.52. The number of aryl methyl sites for hydroxylation is 2. The molecule has 0 atom stereocenters. The quantitative estimate of drug-likeness (QED) is 0.770. The maximum absolute atomic E-state index is 13.3. The number of rotatable bonds is 5. The number of nitrogens with zero attached hydrogens (tertiary/aromatic N) is 4. The first-order chi connectivity index (χ1) is 12.7. The highest BCUT2D eigenvalue weighted by molar-refractivity contribution is 7.89. The summed E-state index contributed by atoms with van der Waals surface area (Å²) in [7, 11) is -3.52. The lowest BCUT2D eigenvalue weighted by Crippen LogP contribution is -2.48. The van der Waals surface area contributed by atoms with Gasteiger partial charge in [0, 0.05) is 26.2 Å². The minimum absolute atomic E-state index is 0. The molecule has 0 amide bonds. The van der Waals surface area contributed by atoms with Crippen LogP contribution in [0.5, 0.6) is 0 Å². The van der Waals surface area contributed by atoms with E-state index in [4.69, 9.17) is 10.3 Å². The van der Waals surface area contributed by atoms with Gasteiger partial charge in [0.25, 0.3) is 0 Å². The van der Waals surface area contributed by atoms with E-state index in [2.05, 4.69) is 15.0 Å². The molecule has 0 bridgehead atoms. The van der Waals surface area contributed by atoms with Crippen molar-refractivity contribution >= 4 is 22.4 Å². The molecule has 2 heterocycles. The van der Waals surface area contributed by atoms with E-state index in [9.17, 15) is 8.42 Å². The maximum atomic E-state index is 13.3. The normalized spacial score (nSPS) is 16.2. The Labute approximate surface area is 172 Å². The topological polar surface area (TPSA) is 106 Å². The minimum Gasteiger partial charge on any atom is -0.338 e. The Balaban J connectivity index is 0.00000280. The van der Waals surface area contributed by atoms with Crippen molar-refractivity contribution in [2.75, 3.05) is 26.2 Å². The van der Waals surface area contributed by atoms with Crippen molar-refractivity contribution in [3.63, 3.8) is 0 Å². The summed E-state index contributed by atoms with van der Waals surface area (Å²) in [5.74, 6) is 0.986. The second-order valence-corrected chi connectivity index (χ2v) is 8.95. The Morgan fingerprint density at radius 3 is 2.14 bits per heavy atom. The summed E-state index contributed by atoms with van der Waals surface area (Å²) in [5.41, 5.74) is 9.16. The van der Waals surface area contributed by atoms with E-state index < -0.39 is 10.0 Å². The predicted molar refractivity (Wildman–Crippen MR) is 109 cm³/mol. The van der Waals surface area contributed by atoms with Crippen LogP contribution in [-0.2, 0) is 23.1 Å². The van der Waals surface area contributed by atoms with Crippen LogP contribution in [0.3, 0.4) is 0 Å². The molecule has 10 heteroatoms. The van der Waals surface area contributed by atoms with Crippen LogP contribution in [-0.4, -0.2) is 53.9 Å². The van der Waals surface area contributed by atoms with E-state index >= 15 is 0 Å². The standard InChI is InChI=1S/C18H27N5O3S.ClH/c1-12-9-13(2)15(4)18(14(12)3)27(24,25)23-7-5-22(6-8-23)11-16-20-17(10-19)26-21-16;/h9H,5-8,10-11,19H2,1-4H3;1H. The second-order valence-electron chi connectivity index (χ2n) is 7.08. The average Bonchev–Trinajstić information content (AvgIpc) is 3.08. The van der Waals surface area contributed by atoms with Crippen molar-refractivity contribution in [1.82, 2.24) is 19.3 Å². The number of hydrogen-bond acceptors (Lipinski definition) is 7. The highest BCUT2D eigenvalue weighted by atomic mass is 35.5. The van der Waals surface area contributed by atoms with Gasteiger partial charge in [0.05, 0.1) is 18.0 Å². The molecule has 2 N–H and O–H groups in total. The van der Waals surface area contributed by atoms with Crippen molar-refractivity contribution < 1.29 is 12.9 Å². The molecule has 1 saturated heterocycles. The Morgan fingerprint density at radius 2 is 1.64 bits per heavy atom. The Kier molecular flexibility index (Phi) is 7.22. The molecule has 1 fully saturated rings. The smallest absolute Gasteiger partial charge is 0.243 e. The number of nitrogens with two attached hydrogens (primary N) is 1. The van der Waals surface area contributed by atoms with Crippen molar-refractivity contribution in [1.29, 1.82) is 0 Å². The van der Waals surface area contributed by atoms with Crippen LogP contribution < -0.4 is 5.73 Å². The van der Waals surface area contributed by atoms with Crippen LogP contribution in [0.2, 0.25) is 0 Å². The largest absolute Gasteiger partial charge is 0.338 e. The molecule has 0 unspecified atom stereocenters. The lowest BCUT2D eigenvalue weighted by Gasteiger charge is -2.34. The number of benzene rings is 1. The third-order valence-electron chi connectivity index (χ3n) is 5.28. The first kappa shape index (κ1) is 22.8. The lowest BCUT2D eigenvalue weighted by atomic mass is 10.0. The molecule has 8 nitrogen and oxygen atoms in total. The highest BCUT2D eigenvalue weighted by Crippen LogP contribution is 2.29. The van der Waals surface area contributed by atoms with Crippen LogP contribution in [0.1, 0.15) is 34.0 Å². The summed E-state index contributed by atoms with van der Waals surface area (Å²) in [5, 5.41) is 3.90. The van der Waals surface area contributed by atoms with E-state index in [0.29, 0.717) is 49.3 Å². The number of piperazine rings is 1. The van der Waals surface area contributed by atoms with Crippen LogP contribution in [0, 0.1) is 27.7 Å². The van der Waals surface area contributed by atoms with Gasteiger partial charge in [-0.25, -0.2) is 8.42 Å². The van der Waals surface area contributed by atoms with Crippen LogP contribution in [0.15, 0.2) is 15.5 Å². The van der Waals surface area contributed by atoms with E-state index in [1.165, 1.54) is 0 Å². The van der Waals surface area contributed by atoms with Crippen molar-refractivity contribution in [2.45, 2.75) is 45.7 Å². The molecule has 1 aromatic heterocycles. The molecule has 1 aliphatic rings. The van der Waals surface area contributed by atoms with Gasteiger partial charge >= 0.3 is 0 Å². The van der Waals surface area contributed by atoms with E-state index in [-0.39, 0.29) is 19.0 Å². The highest BCUT2D eigenvalue weighted by Gasteiger charge is 2.32. The van der Waals surface area contributed by atoms with Gasteiger partial charge < -0.3 is 10.3 Å². The van der Waals surface area contributed by atoms with Crippen molar-refractivity contribution in [3.8, 4) is 0 Å². The fourth-order valence-electron chi connectivity index (χ4n) is 3.46. The predicted octanol–water partition coefficient (Wildman–Crippen LogP) is 1.69. The molecule has 1 aliphatic heterocycles.